The van der Waals surface area contributed by atoms with E-state index < -0.39 is 0 Å². The number of rotatable bonds is 0. The Morgan fingerprint density at radius 2 is 1.93 bits per heavy atom. The van der Waals surface area contributed by atoms with Crippen LogP contribution in [0.25, 0.3) is 6.08 Å². The van der Waals surface area contributed by atoms with Gasteiger partial charge in [-0.1, -0.05) is 39.0 Å². The number of benzene rings is 1. The third-order valence-electron chi connectivity index (χ3n) is 2.67. The lowest BCUT2D eigenvalue weighted by molar-refractivity contribution is 0.518. The summed E-state index contributed by atoms with van der Waals surface area (Å²) in [6, 6.07) is 3.44. The highest BCUT2D eigenvalue weighted by Crippen LogP contribution is 2.33. The molecule has 0 atom stereocenters. The summed E-state index contributed by atoms with van der Waals surface area (Å²) in [5, 5.41) is 0. The highest BCUT2D eigenvalue weighted by molar-refractivity contribution is 5.63. The van der Waals surface area contributed by atoms with Crippen LogP contribution in [0, 0.1) is 5.82 Å². The van der Waals surface area contributed by atoms with E-state index in [9.17, 15) is 4.39 Å². The first kappa shape index (κ1) is 9.45. The molecule has 1 heteroatoms. The van der Waals surface area contributed by atoms with Crippen molar-refractivity contribution in [3.63, 3.8) is 0 Å². The topological polar surface area (TPSA) is 0 Å². The van der Waals surface area contributed by atoms with Gasteiger partial charge in [0.1, 0.15) is 5.82 Å². The van der Waals surface area contributed by atoms with Crippen LogP contribution in [-0.2, 0) is 11.8 Å². The molecule has 0 spiro atoms. The standard InChI is InChI=1S/C13H15F/c1-13(2,3)12-10-6-4-5-9(10)7-8-11(12)14/h4-5,7-8H,6H2,1-3H3. The predicted octanol–water partition coefficient (Wildman–Crippen LogP) is 3.69. The molecule has 0 aromatic heterocycles. The van der Waals surface area contributed by atoms with E-state index in [-0.39, 0.29) is 11.2 Å². The summed E-state index contributed by atoms with van der Waals surface area (Å²) in [7, 11) is 0. The van der Waals surface area contributed by atoms with Gasteiger partial charge >= 0.3 is 0 Å². The van der Waals surface area contributed by atoms with Crippen molar-refractivity contribution in [1.29, 1.82) is 0 Å². The molecule has 1 aliphatic carbocycles. The SMILES string of the molecule is CC(C)(C)c1c(F)ccc2c1CC=C2. The van der Waals surface area contributed by atoms with Gasteiger partial charge in [-0.15, -0.1) is 0 Å². The minimum atomic E-state index is -0.110. The molecule has 2 rings (SSSR count). The van der Waals surface area contributed by atoms with Gasteiger partial charge in [0.25, 0.3) is 0 Å². The van der Waals surface area contributed by atoms with Crippen molar-refractivity contribution in [2.24, 2.45) is 0 Å². The molecule has 74 valence electrons. The molecule has 1 aromatic rings. The van der Waals surface area contributed by atoms with Crippen LogP contribution < -0.4 is 0 Å². The van der Waals surface area contributed by atoms with E-state index in [1.807, 2.05) is 6.07 Å². The van der Waals surface area contributed by atoms with Crippen LogP contribution >= 0.6 is 0 Å². The molecule has 0 N–H and O–H groups in total. The third-order valence-corrected chi connectivity index (χ3v) is 2.67. The second kappa shape index (κ2) is 2.94. The summed E-state index contributed by atoms with van der Waals surface area (Å²) in [6.45, 7) is 6.18. The van der Waals surface area contributed by atoms with Crippen LogP contribution in [0.2, 0.25) is 0 Å². The molecule has 1 aliphatic rings. The van der Waals surface area contributed by atoms with Crippen molar-refractivity contribution in [1.82, 2.24) is 0 Å². The predicted molar refractivity (Wildman–Crippen MR) is 57.8 cm³/mol. The molecule has 1 aromatic carbocycles. The fourth-order valence-corrected chi connectivity index (χ4v) is 2.13. The highest BCUT2D eigenvalue weighted by Gasteiger charge is 2.24. The lowest BCUT2D eigenvalue weighted by atomic mass is 9.82. The zero-order valence-corrected chi connectivity index (χ0v) is 8.89. The lowest BCUT2D eigenvalue weighted by Gasteiger charge is -2.23. The van der Waals surface area contributed by atoms with Crippen molar-refractivity contribution in [3.05, 3.63) is 40.7 Å². The molecule has 0 bridgehead atoms. The molecule has 0 radical (unpaired) electrons. The molecule has 0 nitrogen and oxygen atoms in total. The number of hydrogen-bond acceptors (Lipinski definition) is 0. The molecule has 0 unspecified atom stereocenters. The molecule has 0 heterocycles. The molecule has 0 amide bonds. The van der Waals surface area contributed by atoms with Gasteiger partial charge in [-0.05, 0) is 34.6 Å². The van der Waals surface area contributed by atoms with E-state index in [1.165, 1.54) is 5.56 Å². The average Bonchev–Trinajstić information content (AvgIpc) is 2.48. The molecule has 0 saturated carbocycles. The summed E-state index contributed by atoms with van der Waals surface area (Å²) in [4.78, 5) is 0. The van der Waals surface area contributed by atoms with Gasteiger partial charge in [-0.25, -0.2) is 4.39 Å². The van der Waals surface area contributed by atoms with E-state index >= 15 is 0 Å². The fraction of sp³-hybridized carbons (Fsp3) is 0.385. The number of allylic oxidation sites excluding steroid dienone is 1. The van der Waals surface area contributed by atoms with Gasteiger partial charge in [-0.3, -0.25) is 0 Å². The normalized spacial score (nSPS) is 14.6. The summed E-state index contributed by atoms with van der Waals surface area (Å²) < 4.78 is 13.7. The smallest absolute Gasteiger partial charge is 0.127 e. The molecule has 14 heavy (non-hydrogen) atoms. The summed E-state index contributed by atoms with van der Waals surface area (Å²) in [5.74, 6) is -0.0695. The maximum atomic E-state index is 13.7. The Morgan fingerprint density at radius 1 is 1.21 bits per heavy atom. The zero-order valence-electron chi connectivity index (χ0n) is 8.89. The van der Waals surface area contributed by atoms with E-state index in [1.54, 1.807) is 6.07 Å². The second-order valence-corrected chi connectivity index (χ2v) is 4.85. The Labute approximate surface area is 84.5 Å². The van der Waals surface area contributed by atoms with Gasteiger partial charge in [0.2, 0.25) is 0 Å². The van der Waals surface area contributed by atoms with Gasteiger partial charge in [0.15, 0.2) is 0 Å². The van der Waals surface area contributed by atoms with Crippen LogP contribution in [0.1, 0.15) is 37.5 Å². The zero-order chi connectivity index (χ0) is 10.3. The Balaban J connectivity index is 2.66. The van der Waals surface area contributed by atoms with E-state index in [0.717, 1.165) is 17.5 Å². The lowest BCUT2D eigenvalue weighted by Crippen LogP contribution is -2.16. The Bertz CT molecular complexity index is 394. The highest BCUT2D eigenvalue weighted by atomic mass is 19.1. The number of hydrogen-bond donors (Lipinski definition) is 0. The maximum Gasteiger partial charge on any atom is 0.127 e. The van der Waals surface area contributed by atoms with Gasteiger partial charge in [-0.2, -0.15) is 0 Å². The quantitative estimate of drug-likeness (QED) is 0.585. The molecule has 0 aliphatic heterocycles. The van der Waals surface area contributed by atoms with Crippen LogP contribution in [0.5, 0.6) is 0 Å². The minimum Gasteiger partial charge on any atom is -0.207 e. The summed E-state index contributed by atoms with van der Waals surface area (Å²) in [5.41, 5.74) is 3.11. The second-order valence-electron chi connectivity index (χ2n) is 4.85. The van der Waals surface area contributed by atoms with Crippen molar-refractivity contribution < 1.29 is 4.39 Å². The van der Waals surface area contributed by atoms with E-state index in [0.29, 0.717) is 0 Å². The Kier molecular flexibility index (Phi) is 1.99. The van der Waals surface area contributed by atoms with Gasteiger partial charge in [0, 0.05) is 0 Å². The number of halogens is 1. The first-order valence-electron chi connectivity index (χ1n) is 4.98. The van der Waals surface area contributed by atoms with Gasteiger partial charge < -0.3 is 0 Å². The van der Waals surface area contributed by atoms with Crippen LogP contribution in [0.3, 0.4) is 0 Å². The first-order valence-corrected chi connectivity index (χ1v) is 4.98. The van der Waals surface area contributed by atoms with Crippen LogP contribution in [-0.4, -0.2) is 0 Å². The van der Waals surface area contributed by atoms with Crippen molar-refractivity contribution in [2.45, 2.75) is 32.6 Å². The Hall–Kier alpha value is -1.11. The summed E-state index contributed by atoms with van der Waals surface area (Å²) in [6.07, 6.45) is 5.04. The fourth-order valence-electron chi connectivity index (χ4n) is 2.13. The first-order chi connectivity index (χ1) is 6.50. The largest absolute Gasteiger partial charge is 0.207 e. The molecular formula is C13H15F. The van der Waals surface area contributed by atoms with Crippen molar-refractivity contribution in [2.75, 3.05) is 0 Å². The summed E-state index contributed by atoms with van der Waals surface area (Å²) >= 11 is 0. The number of fused-ring (bicyclic) bond motifs is 1. The van der Waals surface area contributed by atoms with Crippen molar-refractivity contribution in [3.8, 4) is 0 Å². The molecule has 0 fully saturated rings. The van der Waals surface area contributed by atoms with E-state index in [2.05, 4.69) is 32.9 Å². The maximum absolute atomic E-state index is 13.7. The third kappa shape index (κ3) is 1.37. The van der Waals surface area contributed by atoms with E-state index in [4.69, 9.17) is 0 Å². The molecule has 0 saturated heterocycles. The van der Waals surface area contributed by atoms with Crippen LogP contribution in [0.15, 0.2) is 18.2 Å². The molecular weight excluding hydrogens is 175 g/mol. The average molecular weight is 190 g/mol. The monoisotopic (exact) mass is 190 g/mol. The minimum absolute atomic E-state index is 0.0695. The Morgan fingerprint density at radius 3 is 2.57 bits per heavy atom. The van der Waals surface area contributed by atoms with Gasteiger partial charge in [0.05, 0.1) is 0 Å². The van der Waals surface area contributed by atoms with Crippen molar-refractivity contribution >= 4 is 6.08 Å². The van der Waals surface area contributed by atoms with Crippen LogP contribution in [0.4, 0.5) is 4.39 Å².